The summed E-state index contributed by atoms with van der Waals surface area (Å²) in [7, 11) is 0. The molecular formula is C15H22N2O3. The summed E-state index contributed by atoms with van der Waals surface area (Å²) in [5, 5.41) is 3.37. The Bertz CT molecular complexity index is 415. The van der Waals surface area contributed by atoms with Crippen molar-refractivity contribution in [2.75, 3.05) is 26.3 Å². The molecule has 2 aliphatic rings. The molecule has 3 rings (SSSR count). The summed E-state index contributed by atoms with van der Waals surface area (Å²) in [5.74, 6) is 0. The number of rotatable bonds is 6. The first-order chi connectivity index (χ1) is 9.88. The van der Waals surface area contributed by atoms with Gasteiger partial charge in [0, 0.05) is 13.1 Å². The third kappa shape index (κ3) is 3.02. The van der Waals surface area contributed by atoms with Crippen molar-refractivity contribution in [1.82, 2.24) is 5.32 Å². The van der Waals surface area contributed by atoms with Crippen LogP contribution in [0.2, 0.25) is 0 Å². The van der Waals surface area contributed by atoms with E-state index in [-0.39, 0.29) is 24.4 Å². The quantitative estimate of drug-likeness (QED) is 0.783. The van der Waals surface area contributed by atoms with Crippen LogP contribution in [0.25, 0.3) is 0 Å². The minimum atomic E-state index is 0.0184. The molecule has 5 nitrogen and oxygen atoms in total. The predicted octanol–water partition coefficient (Wildman–Crippen LogP) is 0.286. The number of fused-ring (bicyclic) bond motifs is 1. The van der Waals surface area contributed by atoms with Crippen molar-refractivity contribution in [3.05, 3.63) is 35.9 Å². The van der Waals surface area contributed by atoms with E-state index >= 15 is 0 Å². The standard InChI is InChI=1S/C15H22N2O3/c16-6-7-17-12-9-19-15-13(10-20-14(12)15)18-8-11-4-2-1-3-5-11/h1-5,12-15,17H,6-10,16H2/t12-,13-,14-,15-/m1/s1. The number of hydrogen-bond acceptors (Lipinski definition) is 5. The second-order valence-electron chi connectivity index (χ2n) is 5.28. The maximum absolute atomic E-state index is 5.95. The molecule has 5 heteroatoms. The highest BCUT2D eigenvalue weighted by molar-refractivity contribution is 5.13. The second kappa shape index (κ2) is 6.65. The Balaban J connectivity index is 1.51. The first-order valence-corrected chi connectivity index (χ1v) is 7.20. The number of ether oxygens (including phenoxy) is 3. The highest BCUT2D eigenvalue weighted by Gasteiger charge is 2.47. The molecule has 1 aromatic rings. The lowest BCUT2D eigenvalue weighted by molar-refractivity contribution is -0.0393. The van der Waals surface area contributed by atoms with Gasteiger partial charge < -0.3 is 25.3 Å². The Morgan fingerprint density at radius 3 is 2.75 bits per heavy atom. The lowest BCUT2D eigenvalue weighted by Gasteiger charge is -2.17. The van der Waals surface area contributed by atoms with Gasteiger partial charge in [0.05, 0.1) is 25.9 Å². The molecule has 0 amide bonds. The zero-order chi connectivity index (χ0) is 13.8. The summed E-state index contributed by atoms with van der Waals surface area (Å²) < 4.78 is 17.6. The first kappa shape index (κ1) is 14.0. The summed E-state index contributed by atoms with van der Waals surface area (Å²) in [5.41, 5.74) is 6.69. The Morgan fingerprint density at radius 2 is 1.95 bits per heavy atom. The molecule has 4 atom stereocenters. The molecule has 0 unspecified atom stereocenters. The third-order valence-corrected chi connectivity index (χ3v) is 3.87. The summed E-state index contributed by atoms with van der Waals surface area (Å²) in [4.78, 5) is 0. The molecule has 2 fully saturated rings. The maximum atomic E-state index is 5.95. The number of nitrogens with one attached hydrogen (secondary N) is 1. The van der Waals surface area contributed by atoms with E-state index in [4.69, 9.17) is 19.9 Å². The van der Waals surface area contributed by atoms with E-state index in [1.165, 1.54) is 5.56 Å². The molecule has 20 heavy (non-hydrogen) atoms. The topological polar surface area (TPSA) is 65.7 Å². The van der Waals surface area contributed by atoms with Crippen LogP contribution < -0.4 is 11.1 Å². The van der Waals surface area contributed by atoms with Crippen molar-refractivity contribution >= 4 is 0 Å². The first-order valence-electron chi connectivity index (χ1n) is 7.20. The molecule has 1 aromatic carbocycles. The van der Waals surface area contributed by atoms with Crippen LogP contribution in [-0.2, 0) is 20.8 Å². The van der Waals surface area contributed by atoms with E-state index in [9.17, 15) is 0 Å². The van der Waals surface area contributed by atoms with Gasteiger partial charge in [0.15, 0.2) is 0 Å². The SMILES string of the molecule is NCCN[C@@H]1CO[C@H]2[C@@H]1OC[C@H]2OCc1ccccc1. The van der Waals surface area contributed by atoms with E-state index in [0.717, 1.165) is 6.54 Å². The maximum Gasteiger partial charge on any atom is 0.114 e. The largest absolute Gasteiger partial charge is 0.371 e. The summed E-state index contributed by atoms with van der Waals surface area (Å²) in [6, 6.07) is 10.4. The van der Waals surface area contributed by atoms with Gasteiger partial charge in [-0.3, -0.25) is 0 Å². The van der Waals surface area contributed by atoms with Crippen molar-refractivity contribution < 1.29 is 14.2 Å². The zero-order valence-corrected chi connectivity index (χ0v) is 11.5. The molecule has 0 radical (unpaired) electrons. The molecule has 0 aliphatic carbocycles. The predicted molar refractivity (Wildman–Crippen MR) is 75.3 cm³/mol. The summed E-state index contributed by atoms with van der Waals surface area (Å²) >= 11 is 0. The molecular weight excluding hydrogens is 256 g/mol. The monoisotopic (exact) mass is 278 g/mol. The van der Waals surface area contributed by atoms with Crippen LogP contribution in [0.1, 0.15) is 5.56 Å². The van der Waals surface area contributed by atoms with Crippen molar-refractivity contribution in [3.63, 3.8) is 0 Å². The second-order valence-corrected chi connectivity index (χ2v) is 5.28. The third-order valence-electron chi connectivity index (χ3n) is 3.87. The lowest BCUT2D eigenvalue weighted by atomic mass is 10.1. The van der Waals surface area contributed by atoms with Gasteiger partial charge in [-0.2, -0.15) is 0 Å². The van der Waals surface area contributed by atoms with E-state index in [2.05, 4.69) is 17.4 Å². The fourth-order valence-corrected chi connectivity index (χ4v) is 2.83. The highest BCUT2D eigenvalue weighted by atomic mass is 16.6. The van der Waals surface area contributed by atoms with Crippen molar-refractivity contribution in [2.24, 2.45) is 5.73 Å². The minimum absolute atomic E-state index is 0.0184. The van der Waals surface area contributed by atoms with Crippen molar-refractivity contribution in [1.29, 1.82) is 0 Å². The highest BCUT2D eigenvalue weighted by Crippen LogP contribution is 2.29. The van der Waals surface area contributed by atoms with Crippen LogP contribution in [0.15, 0.2) is 30.3 Å². The number of benzene rings is 1. The van der Waals surface area contributed by atoms with E-state index < -0.39 is 0 Å². The minimum Gasteiger partial charge on any atom is -0.371 e. The van der Waals surface area contributed by atoms with Crippen LogP contribution in [0.3, 0.4) is 0 Å². The average Bonchev–Trinajstić information content (AvgIpc) is 3.06. The molecule has 0 bridgehead atoms. The fraction of sp³-hybridized carbons (Fsp3) is 0.600. The van der Waals surface area contributed by atoms with Gasteiger partial charge in [0.1, 0.15) is 18.3 Å². The zero-order valence-electron chi connectivity index (χ0n) is 11.5. The molecule has 0 saturated carbocycles. The van der Waals surface area contributed by atoms with Gasteiger partial charge in [-0.15, -0.1) is 0 Å². The smallest absolute Gasteiger partial charge is 0.114 e. The van der Waals surface area contributed by atoms with Gasteiger partial charge in [-0.1, -0.05) is 30.3 Å². The summed E-state index contributed by atoms with van der Waals surface area (Å²) in [6.45, 7) is 3.28. The molecule has 2 saturated heterocycles. The number of hydrogen-bond donors (Lipinski definition) is 2. The van der Waals surface area contributed by atoms with Crippen LogP contribution in [0.4, 0.5) is 0 Å². The molecule has 110 valence electrons. The van der Waals surface area contributed by atoms with Crippen molar-refractivity contribution in [3.8, 4) is 0 Å². The van der Waals surface area contributed by atoms with E-state index in [1.54, 1.807) is 0 Å². The summed E-state index contributed by atoms with van der Waals surface area (Å²) in [6.07, 6.45) is 0.140. The van der Waals surface area contributed by atoms with E-state index in [1.807, 2.05) is 18.2 Å². The molecule has 2 heterocycles. The Kier molecular flexibility index (Phi) is 4.65. The van der Waals surface area contributed by atoms with E-state index in [0.29, 0.717) is 26.4 Å². The molecule has 0 spiro atoms. The normalized spacial score (nSPS) is 32.5. The van der Waals surface area contributed by atoms with Crippen LogP contribution in [0.5, 0.6) is 0 Å². The molecule has 0 aromatic heterocycles. The molecule has 3 N–H and O–H groups in total. The van der Waals surface area contributed by atoms with Crippen LogP contribution in [-0.4, -0.2) is 50.7 Å². The van der Waals surface area contributed by atoms with Gasteiger partial charge in [0.25, 0.3) is 0 Å². The van der Waals surface area contributed by atoms with Gasteiger partial charge in [-0.05, 0) is 5.56 Å². The Hall–Kier alpha value is -0.980. The number of nitrogens with two attached hydrogens (primary N) is 1. The van der Waals surface area contributed by atoms with Crippen LogP contribution >= 0.6 is 0 Å². The van der Waals surface area contributed by atoms with Gasteiger partial charge >= 0.3 is 0 Å². The Morgan fingerprint density at radius 1 is 1.15 bits per heavy atom. The average molecular weight is 278 g/mol. The van der Waals surface area contributed by atoms with Gasteiger partial charge in [0.2, 0.25) is 0 Å². The lowest BCUT2D eigenvalue weighted by Crippen LogP contribution is -2.43. The van der Waals surface area contributed by atoms with Crippen LogP contribution in [0, 0.1) is 0 Å². The fourth-order valence-electron chi connectivity index (χ4n) is 2.83. The van der Waals surface area contributed by atoms with Crippen molar-refractivity contribution in [2.45, 2.75) is 31.0 Å². The van der Waals surface area contributed by atoms with Gasteiger partial charge in [-0.25, -0.2) is 0 Å². The Labute approximate surface area is 119 Å². The molecule has 2 aliphatic heterocycles.